The van der Waals surface area contributed by atoms with Crippen molar-refractivity contribution in [1.82, 2.24) is 0 Å². The van der Waals surface area contributed by atoms with Crippen molar-refractivity contribution in [3.8, 4) is 0 Å². The Hall–Kier alpha value is -2.79. The normalized spacial score (nSPS) is 12.0. The molecule has 0 saturated carbocycles. The van der Waals surface area contributed by atoms with Crippen LogP contribution in [0.1, 0.15) is 23.6 Å². The van der Waals surface area contributed by atoms with Crippen molar-refractivity contribution < 1.29 is 18.7 Å². The van der Waals surface area contributed by atoms with Crippen LogP contribution in [0.2, 0.25) is 5.02 Å². The summed E-state index contributed by atoms with van der Waals surface area (Å²) in [6, 6.07) is 10.8. The van der Waals surface area contributed by atoms with Crippen molar-refractivity contribution in [3.05, 3.63) is 64.4 Å². The highest BCUT2D eigenvalue weighted by Gasteiger charge is 2.20. The lowest BCUT2D eigenvalue weighted by atomic mass is 10.0. The number of rotatable bonds is 5. The van der Waals surface area contributed by atoms with Crippen LogP contribution in [0.4, 0.5) is 5.69 Å². The van der Waals surface area contributed by atoms with Crippen molar-refractivity contribution in [2.24, 2.45) is 0 Å². The molecule has 5 nitrogen and oxygen atoms in total. The zero-order chi connectivity index (χ0) is 19.6. The summed E-state index contributed by atoms with van der Waals surface area (Å²) in [5.74, 6) is -0.947. The summed E-state index contributed by atoms with van der Waals surface area (Å²) in [5.41, 5.74) is 4.13. The molecule has 1 aromatic heterocycles. The van der Waals surface area contributed by atoms with Crippen molar-refractivity contribution in [2.45, 2.75) is 33.3 Å². The van der Waals surface area contributed by atoms with Crippen LogP contribution in [0, 0.1) is 13.8 Å². The topological polar surface area (TPSA) is 68.5 Å². The van der Waals surface area contributed by atoms with Crippen LogP contribution < -0.4 is 5.32 Å². The van der Waals surface area contributed by atoms with Crippen molar-refractivity contribution in [2.75, 3.05) is 5.32 Å². The van der Waals surface area contributed by atoms with Crippen LogP contribution in [0.15, 0.2) is 47.1 Å². The van der Waals surface area contributed by atoms with Crippen molar-refractivity contribution in [3.63, 3.8) is 0 Å². The smallest absolute Gasteiger partial charge is 0.311 e. The van der Waals surface area contributed by atoms with Gasteiger partial charge < -0.3 is 14.5 Å². The van der Waals surface area contributed by atoms with Gasteiger partial charge in [-0.3, -0.25) is 9.59 Å². The predicted octanol–water partition coefficient (Wildman–Crippen LogP) is 4.82. The molecule has 2 aromatic carbocycles. The van der Waals surface area contributed by atoms with E-state index in [4.69, 9.17) is 20.8 Å². The number of nitrogens with one attached hydrogen (secondary N) is 1. The molecule has 3 aromatic rings. The fourth-order valence-corrected chi connectivity index (χ4v) is 2.95. The molecule has 3 rings (SSSR count). The van der Waals surface area contributed by atoms with Gasteiger partial charge in [-0.05, 0) is 44.0 Å². The molecule has 27 heavy (non-hydrogen) atoms. The van der Waals surface area contributed by atoms with Gasteiger partial charge in [0.25, 0.3) is 5.91 Å². The van der Waals surface area contributed by atoms with Gasteiger partial charge in [0, 0.05) is 10.9 Å². The fraction of sp³-hybridized carbons (Fsp3) is 0.238. The largest absolute Gasteiger partial charge is 0.464 e. The van der Waals surface area contributed by atoms with Gasteiger partial charge in [-0.2, -0.15) is 0 Å². The number of ether oxygens (including phenoxy) is 1. The van der Waals surface area contributed by atoms with Gasteiger partial charge in [0.1, 0.15) is 5.58 Å². The molecule has 1 amide bonds. The lowest BCUT2D eigenvalue weighted by molar-refractivity contribution is -0.152. The number of aryl methyl sites for hydroxylation is 2. The van der Waals surface area contributed by atoms with E-state index < -0.39 is 18.0 Å². The van der Waals surface area contributed by atoms with E-state index in [0.29, 0.717) is 10.7 Å². The Labute approximate surface area is 162 Å². The summed E-state index contributed by atoms with van der Waals surface area (Å²) in [6.45, 7) is 5.50. The van der Waals surface area contributed by atoms with Gasteiger partial charge in [0.2, 0.25) is 0 Å². The monoisotopic (exact) mass is 385 g/mol. The Morgan fingerprint density at radius 2 is 1.93 bits per heavy atom. The molecule has 140 valence electrons. The lowest BCUT2D eigenvalue weighted by Gasteiger charge is -2.14. The first-order chi connectivity index (χ1) is 12.9. The Kier molecular flexibility index (Phi) is 5.51. The highest BCUT2D eigenvalue weighted by molar-refractivity contribution is 6.33. The minimum absolute atomic E-state index is 0.0270. The van der Waals surface area contributed by atoms with E-state index in [2.05, 4.69) is 5.32 Å². The first-order valence-corrected chi connectivity index (χ1v) is 8.95. The van der Waals surface area contributed by atoms with E-state index in [1.54, 1.807) is 30.5 Å². The van der Waals surface area contributed by atoms with Crippen LogP contribution in [0.5, 0.6) is 0 Å². The average Bonchev–Trinajstić information content (AvgIpc) is 3.03. The number of hydrogen-bond acceptors (Lipinski definition) is 4. The fourth-order valence-electron chi connectivity index (χ4n) is 2.77. The molecule has 0 aliphatic carbocycles. The summed E-state index contributed by atoms with van der Waals surface area (Å²) in [4.78, 5) is 24.5. The number of fused-ring (bicyclic) bond motifs is 1. The predicted molar refractivity (Wildman–Crippen MR) is 105 cm³/mol. The second-order valence-corrected chi connectivity index (χ2v) is 6.83. The maximum absolute atomic E-state index is 12.3. The maximum Gasteiger partial charge on any atom is 0.311 e. The zero-order valence-electron chi connectivity index (χ0n) is 15.3. The van der Waals surface area contributed by atoms with Gasteiger partial charge in [0.15, 0.2) is 6.10 Å². The SMILES string of the molecule is Cc1ccc2c(CC(=O)O[C@@H](C)C(=O)Nc3ccccc3Cl)coc2c1C. The number of benzene rings is 2. The zero-order valence-corrected chi connectivity index (χ0v) is 16.1. The number of carbonyl (C=O) groups is 2. The molecule has 0 unspecified atom stereocenters. The minimum Gasteiger partial charge on any atom is -0.464 e. The number of hydrogen-bond donors (Lipinski definition) is 1. The standard InChI is InChI=1S/C21H20ClNO4/c1-12-8-9-16-15(11-26-20(16)13(12)2)10-19(24)27-14(3)21(25)23-18-7-5-4-6-17(18)22/h4-9,11,14H,10H2,1-3H3,(H,23,25)/t14-/m0/s1. The van der Waals surface area contributed by atoms with Crippen LogP contribution in [0.25, 0.3) is 11.0 Å². The molecule has 0 radical (unpaired) electrons. The summed E-state index contributed by atoms with van der Waals surface area (Å²) in [7, 11) is 0. The molecule has 0 saturated heterocycles. The summed E-state index contributed by atoms with van der Waals surface area (Å²) in [5, 5.41) is 3.95. The van der Waals surface area contributed by atoms with Crippen LogP contribution >= 0.6 is 11.6 Å². The van der Waals surface area contributed by atoms with Gasteiger partial charge in [-0.25, -0.2) is 0 Å². The van der Waals surface area contributed by atoms with E-state index in [9.17, 15) is 9.59 Å². The average molecular weight is 386 g/mol. The third-order valence-corrected chi connectivity index (χ3v) is 4.82. The number of amides is 1. The minimum atomic E-state index is -0.948. The summed E-state index contributed by atoms with van der Waals surface area (Å²) in [6.07, 6.45) is 0.641. The Balaban J connectivity index is 1.64. The van der Waals surface area contributed by atoms with Crippen LogP contribution in [0.3, 0.4) is 0 Å². The second kappa shape index (κ2) is 7.84. The number of halogens is 1. The molecule has 0 bridgehead atoms. The van der Waals surface area contributed by atoms with Crippen molar-refractivity contribution in [1.29, 1.82) is 0 Å². The summed E-state index contributed by atoms with van der Waals surface area (Å²) >= 11 is 6.02. The van der Waals surface area contributed by atoms with Crippen LogP contribution in [-0.4, -0.2) is 18.0 Å². The number of carbonyl (C=O) groups excluding carboxylic acids is 2. The number of para-hydroxylation sites is 1. The maximum atomic E-state index is 12.3. The molecular formula is C21H20ClNO4. The molecular weight excluding hydrogens is 366 g/mol. The highest BCUT2D eigenvalue weighted by Crippen LogP contribution is 2.27. The number of esters is 1. The van der Waals surface area contributed by atoms with E-state index >= 15 is 0 Å². The quantitative estimate of drug-likeness (QED) is 0.639. The molecule has 0 spiro atoms. The van der Waals surface area contributed by atoms with Crippen molar-refractivity contribution >= 4 is 40.1 Å². The van der Waals surface area contributed by atoms with Gasteiger partial charge >= 0.3 is 5.97 Å². The second-order valence-electron chi connectivity index (χ2n) is 6.42. The molecule has 1 heterocycles. The third-order valence-electron chi connectivity index (χ3n) is 4.49. The molecule has 0 aliphatic rings. The van der Waals surface area contributed by atoms with E-state index in [-0.39, 0.29) is 6.42 Å². The van der Waals surface area contributed by atoms with E-state index in [0.717, 1.165) is 27.7 Å². The molecule has 6 heteroatoms. The van der Waals surface area contributed by atoms with Gasteiger partial charge in [-0.1, -0.05) is 35.9 Å². The van der Waals surface area contributed by atoms with E-state index in [1.807, 2.05) is 26.0 Å². The van der Waals surface area contributed by atoms with Gasteiger partial charge in [0.05, 0.1) is 23.4 Å². The molecule has 1 atom stereocenters. The van der Waals surface area contributed by atoms with Crippen LogP contribution in [-0.2, 0) is 20.7 Å². The Morgan fingerprint density at radius 3 is 2.67 bits per heavy atom. The lowest BCUT2D eigenvalue weighted by Crippen LogP contribution is -2.30. The third kappa shape index (κ3) is 4.14. The Morgan fingerprint density at radius 1 is 1.19 bits per heavy atom. The first-order valence-electron chi connectivity index (χ1n) is 8.58. The summed E-state index contributed by atoms with van der Waals surface area (Å²) < 4.78 is 10.9. The number of furan rings is 1. The van der Waals surface area contributed by atoms with E-state index in [1.165, 1.54) is 6.92 Å². The molecule has 0 fully saturated rings. The van der Waals surface area contributed by atoms with Gasteiger partial charge in [-0.15, -0.1) is 0 Å². The highest BCUT2D eigenvalue weighted by atomic mass is 35.5. The molecule has 0 aliphatic heterocycles. The first kappa shape index (κ1) is 19.0. The molecule has 1 N–H and O–H groups in total. The number of anilines is 1. The Bertz CT molecular complexity index is 1010.